The molecule has 0 aromatic carbocycles. The molecule has 0 spiro atoms. The van der Waals surface area contributed by atoms with Crippen LogP contribution in [0, 0.1) is 23.7 Å². The van der Waals surface area contributed by atoms with Crippen LogP contribution in [0.4, 0.5) is 0 Å². The lowest BCUT2D eigenvalue weighted by Gasteiger charge is -2.15. The van der Waals surface area contributed by atoms with Crippen molar-refractivity contribution in [3.63, 3.8) is 0 Å². The minimum Gasteiger partial charge on any atom is -0.460 e. The number of hydrogen-bond donors (Lipinski definition) is 0. The number of fused-ring (bicyclic) bond motifs is 1. The second-order valence-electron chi connectivity index (χ2n) is 5.65. The highest BCUT2D eigenvalue weighted by Crippen LogP contribution is 2.48. The Hall–Kier alpha value is -1.09. The van der Waals surface area contributed by atoms with Gasteiger partial charge in [0.15, 0.2) is 0 Å². The highest BCUT2D eigenvalue weighted by Gasteiger charge is 2.39. The molecule has 3 nitrogen and oxygen atoms in total. The van der Waals surface area contributed by atoms with Gasteiger partial charge in [-0.2, -0.15) is 0 Å². The molecule has 1 fully saturated rings. The molecule has 4 unspecified atom stereocenters. The maximum Gasteiger partial charge on any atom is 0.330 e. The minimum atomic E-state index is -0.410. The van der Waals surface area contributed by atoms with Gasteiger partial charge in [0.25, 0.3) is 0 Å². The fraction of sp³-hybridized carbons (Fsp3) is 0.706. The van der Waals surface area contributed by atoms with E-state index in [0.29, 0.717) is 13.2 Å². The molecule has 0 bridgehead atoms. The number of allylic oxidation sites excluding steroid dienone is 2. The molecule has 20 heavy (non-hydrogen) atoms. The van der Waals surface area contributed by atoms with Gasteiger partial charge >= 0.3 is 5.97 Å². The van der Waals surface area contributed by atoms with Crippen LogP contribution in [0.1, 0.15) is 33.1 Å². The number of esters is 1. The van der Waals surface area contributed by atoms with Gasteiger partial charge < -0.3 is 9.47 Å². The zero-order chi connectivity index (χ0) is 15.0. The number of hydrogen-bond acceptors (Lipinski definition) is 3. The van der Waals surface area contributed by atoms with E-state index in [9.17, 15) is 4.79 Å². The maximum absolute atomic E-state index is 10.3. The SMILES string of the molecule is C=CC(=O)OCCOC.CCC1CC(C)C2CC=CC12. The molecule has 3 heteroatoms. The molecule has 0 radical (unpaired) electrons. The Morgan fingerprint density at radius 1 is 1.45 bits per heavy atom. The van der Waals surface area contributed by atoms with E-state index in [0.717, 1.165) is 29.7 Å². The monoisotopic (exact) mass is 280 g/mol. The largest absolute Gasteiger partial charge is 0.460 e. The Labute approximate surface area is 123 Å². The maximum atomic E-state index is 10.3. The second-order valence-corrected chi connectivity index (χ2v) is 5.65. The first-order chi connectivity index (χ1) is 9.63. The van der Waals surface area contributed by atoms with Crippen molar-refractivity contribution in [2.45, 2.75) is 33.1 Å². The van der Waals surface area contributed by atoms with Crippen molar-refractivity contribution < 1.29 is 14.3 Å². The number of methoxy groups -OCH3 is 1. The smallest absolute Gasteiger partial charge is 0.330 e. The van der Waals surface area contributed by atoms with Gasteiger partial charge in [0.1, 0.15) is 6.61 Å². The molecule has 114 valence electrons. The summed E-state index contributed by atoms with van der Waals surface area (Å²) in [5.74, 6) is 3.55. The molecule has 4 atom stereocenters. The average Bonchev–Trinajstić information content (AvgIpc) is 3.04. The van der Waals surface area contributed by atoms with Crippen LogP contribution in [0.3, 0.4) is 0 Å². The van der Waals surface area contributed by atoms with E-state index in [1.165, 1.54) is 19.3 Å². The number of rotatable bonds is 5. The molecular weight excluding hydrogens is 252 g/mol. The minimum absolute atomic E-state index is 0.293. The summed E-state index contributed by atoms with van der Waals surface area (Å²) in [6, 6.07) is 0. The summed E-state index contributed by atoms with van der Waals surface area (Å²) in [5.41, 5.74) is 0. The van der Waals surface area contributed by atoms with Gasteiger partial charge in [-0.25, -0.2) is 4.79 Å². The van der Waals surface area contributed by atoms with E-state index in [1.54, 1.807) is 7.11 Å². The van der Waals surface area contributed by atoms with Gasteiger partial charge in [0, 0.05) is 13.2 Å². The normalized spacial score (nSPS) is 30.4. The molecule has 0 saturated heterocycles. The molecule has 0 amide bonds. The Kier molecular flexibility index (Phi) is 7.60. The van der Waals surface area contributed by atoms with Crippen LogP contribution in [0.15, 0.2) is 24.8 Å². The zero-order valence-corrected chi connectivity index (χ0v) is 13.0. The van der Waals surface area contributed by atoms with Crippen molar-refractivity contribution in [3.05, 3.63) is 24.8 Å². The van der Waals surface area contributed by atoms with Gasteiger partial charge in [-0.15, -0.1) is 0 Å². The van der Waals surface area contributed by atoms with Crippen LogP contribution in [0.5, 0.6) is 0 Å². The van der Waals surface area contributed by atoms with Crippen LogP contribution in [-0.4, -0.2) is 26.3 Å². The van der Waals surface area contributed by atoms with E-state index in [4.69, 9.17) is 0 Å². The molecule has 0 N–H and O–H groups in total. The predicted octanol–water partition coefficient (Wildman–Crippen LogP) is 3.61. The van der Waals surface area contributed by atoms with E-state index in [1.807, 2.05) is 0 Å². The molecule has 0 aliphatic heterocycles. The van der Waals surface area contributed by atoms with Gasteiger partial charge in [-0.3, -0.25) is 0 Å². The van der Waals surface area contributed by atoms with E-state index < -0.39 is 5.97 Å². The number of ether oxygens (including phenoxy) is 2. The lowest BCUT2D eigenvalue weighted by atomic mass is 9.89. The van der Waals surface area contributed by atoms with Crippen LogP contribution in [0.25, 0.3) is 0 Å². The predicted molar refractivity (Wildman–Crippen MR) is 81.3 cm³/mol. The first kappa shape index (κ1) is 17.0. The zero-order valence-electron chi connectivity index (χ0n) is 13.0. The third kappa shape index (κ3) is 4.78. The topological polar surface area (TPSA) is 35.5 Å². The van der Waals surface area contributed by atoms with Crippen molar-refractivity contribution >= 4 is 5.97 Å². The van der Waals surface area contributed by atoms with Crippen LogP contribution in [-0.2, 0) is 14.3 Å². The lowest BCUT2D eigenvalue weighted by molar-refractivity contribution is -0.138. The Bertz CT molecular complexity index is 335. The highest BCUT2D eigenvalue weighted by molar-refractivity contribution is 5.81. The summed E-state index contributed by atoms with van der Waals surface area (Å²) in [7, 11) is 1.54. The van der Waals surface area contributed by atoms with Crippen molar-refractivity contribution in [1.29, 1.82) is 0 Å². The van der Waals surface area contributed by atoms with E-state index >= 15 is 0 Å². The summed E-state index contributed by atoms with van der Waals surface area (Å²) >= 11 is 0. The summed E-state index contributed by atoms with van der Waals surface area (Å²) in [6.45, 7) is 8.72. The summed E-state index contributed by atoms with van der Waals surface area (Å²) in [4.78, 5) is 10.3. The number of carbonyl (C=O) groups is 1. The van der Waals surface area contributed by atoms with Crippen molar-refractivity contribution in [2.75, 3.05) is 20.3 Å². The van der Waals surface area contributed by atoms with Gasteiger partial charge in [0.05, 0.1) is 6.61 Å². The molecule has 2 rings (SSSR count). The van der Waals surface area contributed by atoms with E-state index in [-0.39, 0.29) is 0 Å². The summed E-state index contributed by atoms with van der Waals surface area (Å²) in [5, 5.41) is 0. The molecule has 0 heterocycles. The van der Waals surface area contributed by atoms with Crippen molar-refractivity contribution in [2.24, 2.45) is 23.7 Å². The third-order valence-electron chi connectivity index (χ3n) is 4.43. The molecule has 1 saturated carbocycles. The average molecular weight is 280 g/mol. The summed E-state index contributed by atoms with van der Waals surface area (Å²) in [6.07, 6.45) is 10.2. The Balaban J connectivity index is 0.000000206. The Morgan fingerprint density at radius 2 is 2.20 bits per heavy atom. The Morgan fingerprint density at radius 3 is 2.80 bits per heavy atom. The van der Waals surface area contributed by atoms with Crippen LogP contribution in [0.2, 0.25) is 0 Å². The molecule has 0 aromatic heterocycles. The highest BCUT2D eigenvalue weighted by atomic mass is 16.6. The van der Waals surface area contributed by atoms with Gasteiger partial charge in [-0.05, 0) is 36.5 Å². The fourth-order valence-corrected chi connectivity index (χ4v) is 3.34. The van der Waals surface area contributed by atoms with Crippen LogP contribution < -0.4 is 0 Å². The number of carbonyl (C=O) groups excluding carboxylic acids is 1. The van der Waals surface area contributed by atoms with Crippen molar-refractivity contribution in [1.82, 2.24) is 0 Å². The van der Waals surface area contributed by atoms with Gasteiger partial charge in [-0.1, -0.05) is 39.0 Å². The third-order valence-corrected chi connectivity index (χ3v) is 4.43. The molecule has 0 aromatic rings. The fourth-order valence-electron chi connectivity index (χ4n) is 3.34. The van der Waals surface area contributed by atoms with Crippen molar-refractivity contribution in [3.8, 4) is 0 Å². The molecule has 2 aliphatic rings. The lowest BCUT2D eigenvalue weighted by Crippen LogP contribution is -2.09. The second kappa shape index (κ2) is 8.96. The molecular formula is C17H28O3. The standard InChI is InChI=1S/C11H18.C6H10O3/c1-3-9-7-8(2)10-5-4-6-11(9)10;1-3-6(7)9-5-4-8-2/h4,6,8-11H,3,5,7H2,1-2H3;3H,1,4-5H2,2H3. The van der Waals surface area contributed by atoms with Crippen LogP contribution >= 0.6 is 0 Å². The first-order valence-corrected chi connectivity index (χ1v) is 7.58. The molecule has 2 aliphatic carbocycles. The first-order valence-electron chi connectivity index (χ1n) is 7.58. The quantitative estimate of drug-likeness (QED) is 0.334. The summed E-state index contributed by atoms with van der Waals surface area (Å²) < 4.78 is 9.17. The van der Waals surface area contributed by atoms with E-state index in [2.05, 4.69) is 42.1 Å². The van der Waals surface area contributed by atoms with Gasteiger partial charge in [0.2, 0.25) is 0 Å².